The lowest BCUT2D eigenvalue weighted by molar-refractivity contribution is -0.133. The Labute approximate surface area is 161 Å². The Hall–Kier alpha value is -2.15. The molecular formula is C20H31FN4O2. The van der Waals surface area contributed by atoms with E-state index in [4.69, 9.17) is 0 Å². The fourth-order valence-corrected chi connectivity index (χ4v) is 3.14. The van der Waals surface area contributed by atoms with Crippen molar-refractivity contribution >= 4 is 17.5 Å². The summed E-state index contributed by atoms with van der Waals surface area (Å²) in [5.41, 5.74) is 0.294. The summed E-state index contributed by atoms with van der Waals surface area (Å²) in [5, 5.41) is 2.92. The second-order valence-electron chi connectivity index (χ2n) is 7.92. The highest BCUT2D eigenvalue weighted by Crippen LogP contribution is 2.20. The summed E-state index contributed by atoms with van der Waals surface area (Å²) < 4.78 is 13.9. The molecule has 150 valence electrons. The average Bonchev–Trinajstić information content (AvgIpc) is 2.60. The van der Waals surface area contributed by atoms with Gasteiger partial charge in [0.2, 0.25) is 11.8 Å². The lowest BCUT2D eigenvalue weighted by Gasteiger charge is -2.37. The zero-order chi connectivity index (χ0) is 20.0. The van der Waals surface area contributed by atoms with Crippen molar-refractivity contribution in [2.24, 2.45) is 0 Å². The summed E-state index contributed by atoms with van der Waals surface area (Å²) >= 11 is 0. The maximum Gasteiger partial charge on any atom is 0.236 e. The van der Waals surface area contributed by atoms with Crippen LogP contribution >= 0.6 is 0 Å². The van der Waals surface area contributed by atoms with Gasteiger partial charge in [0.1, 0.15) is 5.82 Å². The van der Waals surface area contributed by atoms with Crippen LogP contribution in [0.3, 0.4) is 0 Å². The van der Waals surface area contributed by atoms with E-state index in [1.54, 1.807) is 17.0 Å². The first kappa shape index (κ1) is 21.2. The van der Waals surface area contributed by atoms with Gasteiger partial charge in [-0.1, -0.05) is 19.1 Å². The van der Waals surface area contributed by atoms with Gasteiger partial charge in [-0.05, 0) is 39.4 Å². The number of rotatable bonds is 6. The largest absolute Gasteiger partial charge is 0.366 e. The van der Waals surface area contributed by atoms with Crippen LogP contribution in [0.15, 0.2) is 24.3 Å². The number of nitrogens with one attached hydrogen (secondary N) is 1. The molecule has 1 aromatic carbocycles. The molecule has 0 saturated carbocycles. The third-order valence-electron chi connectivity index (χ3n) is 4.51. The van der Waals surface area contributed by atoms with Gasteiger partial charge in [-0.15, -0.1) is 0 Å². The van der Waals surface area contributed by atoms with Gasteiger partial charge in [0.05, 0.1) is 18.8 Å². The molecule has 7 heteroatoms. The molecule has 1 aromatic rings. The highest BCUT2D eigenvalue weighted by atomic mass is 19.1. The van der Waals surface area contributed by atoms with Crippen LogP contribution in [0.2, 0.25) is 0 Å². The lowest BCUT2D eigenvalue weighted by atomic mass is 10.1. The highest BCUT2D eigenvalue weighted by molar-refractivity contribution is 5.81. The molecule has 2 amide bonds. The number of likely N-dealkylation sites (N-methyl/N-ethyl adjacent to an activating group) is 1. The molecule has 0 unspecified atom stereocenters. The van der Waals surface area contributed by atoms with Crippen LogP contribution < -0.4 is 10.2 Å². The summed E-state index contributed by atoms with van der Waals surface area (Å²) in [6.45, 7) is 11.1. The van der Waals surface area contributed by atoms with Gasteiger partial charge in [-0.3, -0.25) is 14.5 Å². The average molecular weight is 378 g/mol. The summed E-state index contributed by atoms with van der Waals surface area (Å²) in [7, 11) is 0. The molecule has 0 bridgehead atoms. The molecule has 1 aliphatic rings. The van der Waals surface area contributed by atoms with Gasteiger partial charge in [0.15, 0.2) is 0 Å². The number of amides is 2. The van der Waals surface area contributed by atoms with Gasteiger partial charge in [0, 0.05) is 31.7 Å². The minimum absolute atomic E-state index is 0.00796. The molecule has 2 rings (SSSR count). The van der Waals surface area contributed by atoms with Crippen LogP contribution in [0, 0.1) is 5.82 Å². The minimum Gasteiger partial charge on any atom is -0.366 e. The first-order valence-corrected chi connectivity index (χ1v) is 9.50. The molecule has 0 aromatic heterocycles. The lowest BCUT2D eigenvalue weighted by Crippen LogP contribution is -2.52. The van der Waals surface area contributed by atoms with Gasteiger partial charge in [-0.25, -0.2) is 4.39 Å². The fraction of sp³-hybridized carbons (Fsp3) is 0.600. The molecule has 1 N–H and O–H groups in total. The molecule has 1 aliphatic heterocycles. The maximum atomic E-state index is 13.9. The minimum atomic E-state index is -0.288. The van der Waals surface area contributed by atoms with E-state index in [2.05, 4.69) is 5.32 Å². The smallest absolute Gasteiger partial charge is 0.236 e. The number of nitrogens with zero attached hydrogens (tertiary/aromatic N) is 3. The molecule has 0 atom stereocenters. The predicted octanol–water partition coefficient (Wildman–Crippen LogP) is 1.71. The van der Waals surface area contributed by atoms with Crippen LogP contribution in [-0.4, -0.2) is 73.0 Å². The van der Waals surface area contributed by atoms with E-state index in [1.807, 2.05) is 43.6 Å². The van der Waals surface area contributed by atoms with Crippen molar-refractivity contribution in [1.29, 1.82) is 0 Å². The molecule has 0 spiro atoms. The normalized spacial score (nSPS) is 15.2. The first-order chi connectivity index (χ1) is 12.7. The van der Waals surface area contributed by atoms with E-state index >= 15 is 0 Å². The van der Waals surface area contributed by atoms with Crippen molar-refractivity contribution in [3.8, 4) is 0 Å². The Morgan fingerprint density at radius 1 is 1.11 bits per heavy atom. The van der Waals surface area contributed by atoms with Crippen molar-refractivity contribution < 1.29 is 14.0 Å². The first-order valence-electron chi connectivity index (χ1n) is 9.50. The van der Waals surface area contributed by atoms with E-state index < -0.39 is 0 Å². The van der Waals surface area contributed by atoms with Crippen LogP contribution in [0.25, 0.3) is 0 Å². The van der Waals surface area contributed by atoms with Crippen molar-refractivity contribution in [2.45, 2.75) is 33.2 Å². The Morgan fingerprint density at radius 2 is 1.74 bits per heavy atom. The Morgan fingerprint density at radius 3 is 2.30 bits per heavy atom. The summed E-state index contributed by atoms with van der Waals surface area (Å²) in [6.07, 6.45) is 0. The number of carbonyl (C=O) groups is 2. The summed E-state index contributed by atoms with van der Waals surface area (Å²) in [4.78, 5) is 30.3. The van der Waals surface area contributed by atoms with Gasteiger partial charge >= 0.3 is 0 Å². The van der Waals surface area contributed by atoms with Crippen LogP contribution in [-0.2, 0) is 9.59 Å². The molecule has 1 heterocycles. The third kappa shape index (κ3) is 6.50. The molecular weight excluding hydrogens is 347 g/mol. The monoisotopic (exact) mass is 378 g/mol. The number of para-hydroxylation sites is 1. The zero-order valence-corrected chi connectivity index (χ0v) is 16.8. The summed E-state index contributed by atoms with van der Waals surface area (Å²) in [5.74, 6) is -0.311. The second-order valence-corrected chi connectivity index (χ2v) is 7.92. The number of carbonyl (C=O) groups excluding carboxylic acids is 2. The highest BCUT2D eigenvalue weighted by Gasteiger charge is 2.24. The Balaban J connectivity index is 1.84. The third-order valence-corrected chi connectivity index (χ3v) is 4.51. The van der Waals surface area contributed by atoms with E-state index in [-0.39, 0.29) is 36.3 Å². The van der Waals surface area contributed by atoms with Crippen LogP contribution in [0.5, 0.6) is 0 Å². The predicted molar refractivity (Wildman–Crippen MR) is 105 cm³/mol. The van der Waals surface area contributed by atoms with Gasteiger partial charge in [0.25, 0.3) is 0 Å². The topological polar surface area (TPSA) is 55.9 Å². The number of halogens is 1. The molecule has 6 nitrogen and oxygen atoms in total. The molecule has 1 fully saturated rings. The van der Waals surface area contributed by atoms with E-state index in [1.165, 1.54) is 6.07 Å². The maximum absolute atomic E-state index is 13.9. The SMILES string of the molecule is CCN(CC(=O)NC(C)(C)C)CC(=O)N1CCN(c2ccccc2F)CC1. The van der Waals surface area contributed by atoms with Crippen molar-refractivity contribution in [3.63, 3.8) is 0 Å². The quantitative estimate of drug-likeness (QED) is 0.819. The number of hydrogen-bond donors (Lipinski definition) is 1. The molecule has 0 aliphatic carbocycles. The van der Waals surface area contributed by atoms with Crippen molar-refractivity contribution in [3.05, 3.63) is 30.1 Å². The number of hydrogen-bond acceptors (Lipinski definition) is 4. The molecule has 27 heavy (non-hydrogen) atoms. The van der Waals surface area contributed by atoms with E-state index in [0.29, 0.717) is 38.4 Å². The molecule has 0 radical (unpaired) electrons. The van der Waals surface area contributed by atoms with Gasteiger partial charge in [-0.2, -0.15) is 0 Å². The fourth-order valence-electron chi connectivity index (χ4n) is 3.14. The number of benzene rings is 1. The van der Waals surface area contributed by atoms with Crippen molar-refractivity contribution in [1.82, 2.24) is 15.1 Å². The van der Waals surface area contributed by atoms with Crippen LogP contribution in [0.1, 0.15) is 27.7 Å². The van der Waals surface area contributed by atoms with Gasteiger partial charge < -0.3 is 15.1 Å². The molecule has 1 saturated heterocycles. The second kappa shape index (κ2) is 9.17. The Bertz CT molecular complexity index is 652. The summed E-state index contributed by atoms with van der Waals surface area (Å²) in [6, 6.07) is 6.71. The Kier molecular flexibility index (Phi) is 7.18. The van der Waals surface area contributed by atoms with E-state index in [9.17, 15) is 14.0 Å². The standard InChI is InChI=1S/C20H31FN4O2/c1-5-23(14-18(26)22-20(2,3)4)15-19(27)25-12-10-24(11-13-25)17-9-7-6-8-16(17)21/h6-9H,5,10-15H2,1-4H3,(H,22,26). The zero-order valence-electron chi connectivity index (χ0n) is 16.8. The van der Waals surface area contributed by atoms with E-state index in [0.717, 1.165) is 0 Å². The number of piperazine rings is 1. The number of anilines is 1. The van der Waals surface area contributed by atoms with Crippen molar-refractivity contribution in [2.75, 3.05) is 50.7 Å². The van der Waals surface area contributed by atoms with Crippen LogP contribution in [0.4, 0.5) is 10.1 Å².